The van der Waals surface area contributed by atoms with Crippen LogP contribution in [-0.4, -0.2) is 24.8 Å². The fourth-order valence-electron chi connectivity index (χ4n) is 3.99. The van der Waals surface area contributed by atoms with Crippen LogP contribution in [-0.2, 0) is 11.2 Å². The second-order valence-electron chi connectivity index (χ2n) is 7.59. The third kappa shape index (κ3) is 3.90. The maximum atomic E-state index is 12.5. The van der Waals surface area contributed by atoms with Crippen LogP contribution in [0.4, 0.5) is 4.79 Å². The van der Waals surface area contributed by atoms with Crippen molar-refractivity contribution in [1.82, 2.24) is 4.98 Å². The second kappa shape index (κ2) is 8.61. The number of nitrogens with one attached hydrogen (secondary N) is 1. The van der Waals surface area contributed by atoms with Gasteiger partial charge < -0.3 is 20.2 Å². The molecule has 3 rings (SSSR count). The molecule has 0 fully saturated rings. The molecular weight excluding hydrogens is 380 g/mol. The van der Waals surface area contributed by atoms with E-state index in [2.05, 4.69) is 4.98 Å². The third-order valence-corrected chi connectivity index (χ3v) is 5.65. The number of aromatic amines is 1. The summed E-state index contributed by atoms with van der Waals surface area (Å²) in [4.78, 5) is 26.5. The molecule has 1 atom stereocenters. The van der Waals surface area contributed by atoms with Crippen LogP contribution in [0.3, 0.4) is 0 Å². The van der Waals surface area contributed by atoms with Crippen molar-refractivity contribution >= 4 is 17.0 Å². The van der Waals surface area contributed by atoms with Gasteiger partial charge in [0.2, 0.25) is 0 Å². The van der Waals surface area contributed by atoms with Gasteiger partial charge in [0.25, 0.3) is 5.56 Å². The number of amides is 1. The lowest BCUT2D eigenvalue weighted by molar-refractivity contribution is 0.151. The van der Waals surface area contributed by atoms with Crippen LogP contribution in [0.1, 0.15) is 42.0 Å². The molecule has 6 heteroatoms. The Hall–Kier alpha value is -3.28. The number of ether oxygens (including phenoxy) is 2. The Morgan fingerprint density at radius 1 is 1.20 bits per heavy atom. The standard InChI is InChI=1S/C24H28N2O4/c1-6-18-15(4)20-21(19(29-5)11-13(2)22(20)26-23(18)27)17-9-7-16(8-10-17)14(3)12-30-24(25)28/h7-11,14H,6,12H2,1-5H3,(H2,25,28)(H,26,27). The number of fused-ring (bicyclic) bond motifs is 1. The summed E-state index contributed by atoms with van der Waals surface area (Å²) < 4.78 is 10.6. The number of nitrogens with two attached hydrogens (primary N) is 1. The lowest BCUT2D eigenvalue weighted by Crippen LogP contribution is -2.16. The summed E-state index contributed by atoms with van der Waals surface area (Å²) in [7, 11) is 1.66. The average molecular weight is 408 g/mol. The minimum Gasteiger partial charge on any atom is -0.496 e. The summed E-state index contributed by atoms with van der Waals surface area (Å²) in [5.41, 5.74) is 11.5. The Balaban J connectivity index is 2.19. The summed E-state index contributed by atoms with van der Waals surface area (Å²) in [5.74, 6) is 0.781. The maximum absolute atomic E-state index is 12.5. The molecule has 0 radical (unpaired) electrons. The van der Waals surface area contributed by atoms with Crippen molar-refractivity contribution in [3.63, 3.8) is 0 Å². The van der Waals surface area contributed by atoms with E-state index >= 15 is 0 Å². The maximum Gasteiger partial charge on any atom is 0.404 e. The van der Waals surface area contributed by atoms with Crippen molar-refractivity contribution in [1.29, 1.82) is 0 Å². The van der Waals surface area contributed by atoms with Crippen molar-refractivity contribution < 1.29 is 14.3 Å². The van der Waals surface area contributed by atoms with Gasteiger partial charge in [-0.25, -0.2) is 4.79 Å². The van der Waals surface area contributed by atoms with E-state index in [1.54, 1.807) is 7.11 Å². The molecule has 1 unspecified atom stereocenters. The third-order valence-electron chi connectivity index (χ3n) is 5.65. The number of H-pyrrole nitrogens is 1. The molecule has 0 aliphatic carbocycles. The monoisotopic (exact) mass is 408 g/mol. The zero-order chi connectivity index (χ0) is 22.0. The summed E-state index contributed by atoms with van der Waals surface area (Å²) in [5, 5.41) is 1.00. The quantitative estimate of drug-likeness (QED) is 0.624. The zero-order valence-electron chi connectivity index (χ0n) is 18.1. The van der Waals surface area contributed by atoms with E-state index < -0.39 is 6.09 Å². The van der Waals surface area contributed by atoms with E-state index in [1.165, 1.54) is 0 Å². The Morgan fingerprint density at radius 2 is 1.87 bits per heavy atom. The van der Waals surface area contributed by atoms with Gasteiger partial charge in [-0.3, -0.25) is 4.79 Å². The molecule has 0 saturated carbocycles. The molecule has 3 aromatic rings. The minimum absolute atomic E-state index is 0.0213. The van der Waals surface area contributed by atoms with Gasteiger partial charge in [0.1, 0.15) is 5.75 Å². The molecule has 30 heavy (non-hydrogen) atoms. The fourth-order valence-corrected chi connectivity index (χ4v) is 3.99. The Bertz CT molecular complexity index is 1150. The van der Waals surface area contributed by atoms with Crippen LogP contribution in [0.15, 0.2) is 35.1 Å². The number of benzene rings is 2. The molecule has 0 bridgehead atoms. The van der Waals surface area contributed by atoms with Crippen LogP contribution in [0, 0.1) is 13.8 Å². The van der Waals surface area contributed by atoms with Crippen LogP contribution >= 0.6 is 0 Å². The molecule has 0 aliphatic rings. The molecule has 1 amide bonds. The highest BCUT2D eigenvalue weighted by Gasteiger charge is 2.19. The van der Waals surface area contributed by atoms with Crippen molar-refractivity contribution in [3.8, 4) is 16.9 Å². The van der Waals surface area contributed by atoms with Crippen LogP contribution < -0.4 is 16.0 Å². The van der Waals surface area contributed by atoms with Crippen molar-refractivity contribution in [2.45, 2.75) is 40.0 Å². The number of aromatic nitrogens is 1. The van der Waals surface area contributed by atoms with Crippen LogP contribution in [0.5, 0.6) is 5.75 Å². The summed E-state index contributed by atoms with van der Waals surface area (Å²) in [6, 6.07) is 10.0. The molecule has 1 heterocycles. The van der Waals surface area contributed by atoms with Crippen molar-refractivity contribution in [2.75, 3.05) is 13.7 Å². The normalized spacial score (nSPS) is 12.0. The van der Waals surface area contributed by atoms with Gasteiger partial charge >= 0.3 is 6.09 Å². The second-order valence-corrected chi connectivity index (χ2v) is 7.59. The predicted octanol–water partition coefficient (Wildman–Crippen LogP) is 4.58. The Kier molecular flexibility index (Phi) is 6.15. The number of hydrogen-bond donors (Lipinski definition) is 2. The Labute approximate surface area is 176 Å². The van der Waals surface area contributed by atoms with E-state index in [-0.39, 0.29) is 18.1 Å². The lowest BCUT2D eigenvalue weighted by Gasteiger charge is -2.18. The highest BCUT2D eigenvalue weighted by molar-refractivity contribution is 6.02. The van der Waals surface area contributed by atoms with Gasteiger partial charge in [0.05, 0.1) is 19.2 Å². The summed E-state index contributed by atoms with van der Waals surface area (Å²) >= 11 is 0. The van der Waals surface area contributed by atoms with Crippen molar-refractivity contribution in [2.24, 2.45) is 5.73 Å². The van der Waals surface area contributed by atoms with Crippen LogP contribution in [0.25, 0.3) is 22.0 Å². The smallest absolute Gasteiger partial charge is 0.404 e. The Morgan fingerprint density at radius 3 is 2.43 bits per heavy atom. The average Bonchev–Trinajstić information content (AvgIpc) is 2.72. The van der Waals surface area contributed by atoms with E-state index in [0.717, 1.165) is 50.0 Å². The lowest BCUT2D eigenvalue weighted by atomic mass is 9.91. The summed E-state index contributed by atoms with van der Waals surface area (Å²) in [6.45, 7) is 8.16. The number of carbonyl (C=O) groups is 1. The van der Waals surface area contributed by atoms with E-state index in [0.29, 0.717) is 6.42 Å². The SMILES string of the molecule is CCc1c(C)c2c(-c3ccc(C(C)COC(N)=O)cc3)c(OC)cc(C)c2[nH]c1=O. The van der Waals surface area contributed by atoms with Crippen LogP contribution in [0.2, 0.25) is 0 Å². The minimum atomic E-state index is -0.773. The molecule has 0 aliphatic heterocycles. The molecule has 2 aromatic carbocycles. The molecular formula is C24H28N2O4. The predicted molar refractivity (Wildman–Crippen MR) is 119 cm³/mol. The molecule has 158 valence electrons. The first-order valence-electron chi connectivity index (χ1n) is 10.0. The van der Waals surface area contributed by atoms with Gasteiger partial charge in [0.15, 0.2) is 0 Å². The largest absolute Gasteiger partial charge is 0.496 e. The number of primary amides is 1. The van der Waals surface area contributed by atoms with Gasteiger partial charge in [-0.15, -0.1) is 0 Å². The zero-order valence-corrected chi connectivity index (χ0v) is 18.1. The topological polar surface area (TPSA) is 94.4 Å². The van der Waals surface area contributed by atoms with Gasteiger partial charge in [0, 0.05) is 22.4 Å². The number of aryl methyl sites for hydroxylation is 2. The van der Waals surface area contributed by atoms with E-state index in [4.69, 9.17) is 15.2 Å². The number of pyridine rings is 1. The summed E-state index contributed by atoms with van der Waals surface area (Å²) in [6.07, 6.45) is -0.117. The van der Waals surface area contributed by atoms with Gasteiger partial charge in [-0.1, -0.05) is 38.1 Å². The number of rotatable bonds is 6. The van der Waals surface area contributed by atoms with Crippen molar-refractivity contribution in [3.05, 3.63) is 62.9 Å². The molecule has 0 spiro atoms. The number of carbonyl (C=O) groups excluding carboxylic acids is 1. The van der Waals surface area contributed by atoms with Gasteiger partial charge in [-0.05, 0) is 48.6 Å². The van der Waals surface area contributed by atoms with E-state index in [9.17, 15) is 9.59 Å². The number of hydrogen-bond acceptors (Lipinski definition) is 4. The molecule has 0 saturated heterocycles. The fraction of sp³-hybridized carbons (Fsp3) is 0.333. The first kappa shape index (κ1) is 21.4. The number of methoxy groups -OCH3 is 1. The molecule has 1 aromatic heterocycles. The first-order valence-corrected chi connectivity index (χ1v) is 10.0. The highest BCUT2D eigenvalue weighted by atomic mass is 16.5. The first-order chi connectivity index (χ1) is 14.3. The highest BCUT2D eigenvalue weighted by Crippen LogP contribution is 2.40. The van der Waals surface area contributed by atoms with Gasteiger partial charge in [-0.2, -0.15) is 0 Å². The molecule has 3 N–H and O–H groups in total. The molecule has 6 nitrogen and oxygen atoms in total. The van der Waals surface area contributed by atoms with E-state index in [1.807, 2.05) is 58.0 Å².